The molecule has 1 rings (SSSR count). The highest BCUT2D eigenvalue weighted by molar-refractivity contribution is 7.11. The van der Waals surface area contributed by atoms with Gasteiger partial charge < -0.3 is 5.73 Å². The van der Waals surface area contributed by atoms with E-state index < -0.39 is 0 Å². The predicted octanol–water partition coefficient (Wildman–Crippen LogP) is 2.15. The summed E-state index contributed by atoms with van der Waals surface area (Å²) >= 11 is 1.82. The number of nitrogens with two attached hydrogens (primary N) is 1. The first-order chi connectivity index (χ1) is 6.13. The van der Waals surface area contributed by atoms with E-state index in [1.165, 1.54) is 15.6 Å². The highest BCUT2D eigenvalue weighted by Gasteiger charge is 2.08. The maximum atomic E-state index is 5.49. The molecule has 0 amide bonds. The summed E-state index contributed by atoms with van der Waals surface area (Å²) in [5.74, 6) is 0.713. The molecule has 0 unspecified atom stereocenters. The van der Waals surface area contributed by atoms with Crippen LogP contribution in [0.25, 0.3) is 0 Å². The summed E-state index contributed by atoms with van der Waals surface area (Å²) in [6, 6.07) is 0. The van der Waals surface area contributed by atoms with Crippen molar-refractivity contribution in [3.8, 4) is 0 Å². The Hall–Kier alpha value is -0.410. The summed E-state index contributed by atoms with van der Waals surface area (Å²) in [7, 11) is 0. The lowest BCUT2D eigenvalue weighted by molar-refractivity contribution is 0.651. The van der Waals surface area contributed by atoms with Gasteiger partial charge in [-0.1, -0.05) is 13.8 Å². The van der Waals surface area contributed by atoms with E-state index in [2.05, 4.69) is 25.8 Å². The zero-order chi connectivity index (χ0) is 9.84. The van der Waals surface area contributed by atoms with E-state index in [9.17, 15) is 0 Å². The van der Waals surface area contributed by atoms with Crippen molar-refractivity contribution in [2.24, 2.45) is 11.7 Å². The second-order valence-corrected chi connectivity index (χ2v) is 4.92. The second-order valence-electron chi connectivity index (χ2n) is 3.75. The van der Waals surface area contributed by atoms with Crippen molar-refractivity contribution in [1.29, 1.82) is 0 Å². The zero-order valence-corrected chi connectivity index (χ0v) is 9.45. The first kappa shape index (κ1) is 10.7. The number of hydrogen-bond donors (Lipinski definition) is 1. The standard InChI is InChI=1S/C10H18N2S/c1-7(2)6-9-8(3)12-10(13-9)4-5-11/h7H,4-6,11H2,1-3H3. The normalized spacial score (nSPS) is 11.2. The number of nitrogens with zero attached hydrogens (tertiary/aromatic N) is 1. The third-order valence-corrected chi connectivity index (χ3v) is 3.13. The zero-order valence-electron chi connectivity index (χ0n) is 8.63. The summed E-state index contributed by atoms with van der Waals surface area (Å²) in [4.78, 5) is 5.92. The largest absolute Gasteiger partial charge is 0.330 e. The van der Waals surface area contributed by atoms with Gasteiger partial charge in [-0.2, -0.15) is 0 Å². The molecule has 0 fully saturated rings. The van der Waals surface area contributed by atoms with Crippen molar-refractivity contribution in [3.63, 3.8) is 0 Å². The first-order valence-corrected chi connectivity index (χ1v) is 5.60. The van der Waals surface area contributed by atoms with E-state index in [1.54, 1.807) is 0 Å². The maximum absolute atomic E-state index is 5.49. The van der Waals surface area contributed by atoms with Gasteiger partial charge in [0.1, 0.15) is 0 Å². The smallest absolute Gasteiger partial charge is 0.0943 e. The van der Waals surface area contributed by atoms with Crippen LogP contribution in [-0.4, -0.2) is 11.5 Å². The Morgan fingerprint density at radius 2 is 2.15 bits per heavy atom. The van der Waals surface area contributed by atoms with Crippen LogP contribution in [0.1, 0.15) is 29.4 Å². The quantitative estimate of drug-likeness (QED) is 0.805. The third-order valence-electron chi connectivity index (χ3n) is 1.89. The minimum absolute atomic E-state index is 0.702. The number of rotatable bonds is 4. The molecule has 0 aliphatic heterocycles. The first-order valence-electron chi connectivity index (χ1n) is 4.78. The topological polar surface area (TPSA) is 38.9 Å². The Bertz CT molecular complexity index is 266. The molecule has 0 saturated carbocycles. The van der Waals surface area contributed by atoms with Gasteiger partial charge in [0.25, 0.3) is 0 Å². The Kier molecular flexibility index (Phi) is 3.88. The molecule has 0 saturated heterocycles. The molecule has 0 aromatic carbocycles. The fraction of sp³-hybridized carbons (Fsp3) is 0.700. The molecule has 0 radical (unpaired) electrons. The second kappa shape index (κ2) is 4.72. The molecule has 1 aromatic heterocycles. The molecule has 1 aromatic rings. The molecular weight excluding hydrogens is 180 g/mol. The highest BCUT2D eigenvalue weighted by atomic mass is 32.1. The fourth-order valence-electron chi connectivity index (χ4n) is 1.28. The molecule has 13 heavy (non-hydrogen) atoms. The van der Waals surface area contributed by atoms with Crippen molar-refractivity contribution in [3.05, 3.63) is 15.6 Å². The van der Waals surface area contributed by atoms with Crippen LogP contribution in [0.15, 0.2) is 0 Å². The molecule has 0 aliphatic rings. The molecule has 0 aliphatic carbocycles. The van der Waals surface area contributed by atoms with Gasteiger partial charge in [-0.15, -0.1) is 11.3 Å². The van der Waals surface area contributed by atoms with E-state index in [4.69, 9.17) is 5.73 Å². The van der Waals surface area contributed by atoms with Crippen molar-refractivity contribution >= 4 is 11.3 Å². The third kappa shape index (κ3) is 3.08. The minimum atomic E-state index is 0.702. The summed E-state index contributed by atoms with van der Waals surface area (Å²) < 4.78 is 0. The van der Waals surface area contributed by atoms with Crippen LogP contribution in [0.4, 0.5) is 0 Å². The maximum Gasteiger partial charge on any atom is 0.0943 e. The predicted molar refractivity (Wildman–Crippen MR) is 58.2 cm³/mol. The Balaban J connectivity index is 2.71. The molecular formula is C10H18N2S. The van der Waals surface area contributed by atoms with Gasteiger partial charge in [0.15, 0.2) is 0 Å². The van der Waals surface area contributed by atoms with Gasteiger partial charge in [0, 0.05) is 11.3 Å². The van der Waals surface area contributed by atoms with Crippen molar-refractivity contribution in [2.45, 2.75) is 33.6 Å². The molecule has 3 heteroatoms. The van der Waals surface area contributed by atoms with Gasteiger partial charge in [-0.25, -0.2) is 4.98 Å². The molecule has 0 atom stereocenters. The lowest BCUT2D eigenvalue weighted by atomic mass is 10.1. The Morgan fingerprint density at radius 3 is 2.69 bits per heavy atom. The molecule has 0 bridgehead atoms. The van der Waals surface area contributed by atoms with Gasteiger partial charge in [0.2, 0.25) is 0 Å². The molecule has 74 valence electrons. The van der Waals surface area contributed by atoms with E-state index >= 15 is 0 Å². The summed E-state index contributed by atoms with van der Waals surface area (Å²) in [6.07, 6.45) is 2.07. The van der Waals surface area contributed by atoms with Gasteiger partial charge in [0.05, 0.1) is 10.7 Å². The van der Waals surface area contributed by atoms with Gasteiger partial charge in [-0.05, 0) is 25.8 Å². The number of hydrogen-bond acceptors (Lipinski definition) is 3. The summed E-state index contributed by atoms with van der Waals surface area (Å²) in [6.45, 7) is 7.27. The number of aromatic nitrogens is 1. The fourth-order valence-corrected chi connectivity index (χ4v) is 2.58. The van der Waals surface area contributed by atoms with Crippen molar-refractivity contribution in [1.82, 2.24) is 4.98 Å². The average Bonchev–Trinajstić information content (AvgIpc) is 2.31. The van der Waals surface area contributed by atoms with Crippen LogP contribution in [0.3, 0.4) is 0 Å². The minimum Gasteiger partial charge on any atom is -0.330 e. The SMILES string of the molecule is Cc1nc(CCN)sc1CC(C)C. The monoisotopic (exact) mass is 198 g/mol. The van der Waals surface area contributed by atoms with E-state index in [-0.39, 0.29) is 0 Å². The molecule has 0 spiro atoms. The van der Waals surface area contributed by atoms with Crippen LogP contribution >= 0.6 is 11.3 Å². The highest BCUT2D eigenvalue weighted by Crippen LogP contribution is 2.21. The lowest BCUT2D eigenvalue weighted by Crippen LogP contribution is -2.01. The number of thiazole rings is 1. The van der Waals surface area contributed by atoms with Crippen molar-refractivity contribution in [2.75, 3.05) is 6.54 Å². The molecule has 1 heterocycles. The lowest BCUT2D eigenvalue weighted by Gasteiger charge is -2.00. The van der Waals surface area contributed by atoms with Gasteiger partial charge >= 0.3 is 0 Å². The molecule has 2 nitrogen and oxygen atoms in total. The van der Waals surface area contributed by atoms with E-state index in [0.717, 1.165) is 12.8 Å². The van der Waals surface area contributed by atoms with E-state index in [1.807, 2.05) is 11.3 Å². The summed E-state index contributed by atoms with van der Waals surface area (Å²) in [5.41, 5.74) is 6.68. The van der Waals surface area contributed by atoms with Crippen LogP contribution < -0.4 is 5.73 Å². The van der Waals surface area contributed by atoms with Crippen LogP contribution in [-0.2, 0) is 12.8 Å². The molecule has 2 N–H and O–H groups in total. The Morgan fingerprint density at radius 1 is 1.46 bits per heavy atom. The van der Waals surface area contributed by atoms with Crippen LogP contribution in [0.2, 0.25) is 0 Å². The average molecular weight is 198 g/mol. The van der Waals surface area contributed by atoms with Crippen molar-refractivity contribution < 1.29 is 0 Å². The van der Waals surface area contributed by atoms with Crippen LogP contribution in [0.5, 0.6) is 0 Å². The number of aryl methyl sites for hydroxylation is 1. The Labute approximate surface area is 84.2 Å². The van der Waals surface area contributed by atoms with Crippen LogP contribution in [0, 0.1) is 12.8 Å². The van der Waals surface area contributed by atoms with E-state index in [0.29, 0.717) is 12.5 Å². The van der Waals surface area contributed by atoms with Gasteiger partial charge in [-0.3, -0.25) is 0 Å². The summed E-state index contributed by atoms with van der Waals surface area (Å²) in [5, 5.41) is 1.19.